The van der Waals surface area contributed by atoms with Gasteiger partial charge in [-0.05, 0) is 67.6 Å². The minimum atomic E-state index is -4.00. The Labute approximate surface area is 223 Å². The van der Waals surface area contributed by atoms with Gasteiger partial charge in [0.2, 0.25) is 10.0 Å². The molecule has 0 saturated carbocycles. The van der Waals surface area contributed by atoms with Gasteiger partial charge in [0.1, 0.15) is 12.4 Å². The molecule has 1 heterocycles. The van der Waals surface area contributed by atoms with Crippen molar-refractivity contribution in [1.82, 2.24) is 9.62 Å². The second-order valence-electron chi connectivity index (χ2n) is 9.65. The first-order chi connectivity index (χ1) is 18.1. The highest BCUT2D eigenvalue weighted by atomic mass is 32.2. The Kier molecular flexibility index (Phi) is 10.7. The van der Waals surface area contributed by atoms with Crippen LogP contribution in [0.2, 0.25) is 0 Å². The lowest BCUT2D eigenvalue weighted by atomic mass is 10.0. The summed E-state index contributed by atoms with van der Waals surface area (Å²) in [5, 5.41) is 22.8. The van der Waals surface area contributed by atoms with Gasteiger partial charge in [0.15, 0.2) is 5.75 Å². The predicted octanol–water partition coefficient (Wildman–Crippen LogP) is 2.51. The molecule has 0 aromatic heterocycles. The van der Waals surface area contributed by atoms with Gasteiger partial charge in [-0.1, -0.05) is 26.0 Å². The van der Waals surface area contributed by atoms with Crippen LogP contribution in [-0.4, -0.2) is 67.4 Å². The van der Waals surface area contributed by atoms with Crippen LogP contribution in [0, 0.1) is 5.92 Å². The van der Waals surface area contributed by atoms with Gasteiger partial charge in [-0.15, -0.1) is 0 Å². The van der Waals surface area contributed by atoms with Gasteiger partial charge >= 0.3 is 6.09 Å². The number of aliphatic hydroxyl groups is 1. The monoisotopic (exact) mass is 551 g/mol. The van der Waals surface area contributed by atoms with Crippen LogP contribution >= 0.6 is 0 Å². The number of hydrogen-bond acceptors (Lipinski definition) is 8. The summed E-state index contributed by atoms with van der Waals surface area (Å²) in [6, 6.07) is 10.6. The number of nitrogens with one attached hydrogen (secondary N) is 1. The highest BCUT2D eigenvalue weighted by molar-refractivity contribution is 7.89. The maximum absolute atomic E-state index is 13.5. The number of benzene rings is 2. The van der Waals surface area contributed by atoms with E-state index >= 15 is 0 Å². The molecule has 1 aliphatic rings. The van der Waals surface area contributed by atoms with Crippen molar-refractivity contribution in [3.63, 3.8) is 0 Å². The van der Waals surface area contributed by atoms with Crippen molar-refractivity contribution < 1.29 is 37.9 Å². The minimum absolute atomic E-state index is 0.0404. The SMILES string of the molecule is CC(C)CN(C[C@@H](O)[C@H](Cc1ccc(OCCCCN)cc1)NC(=O)O)S(=O)(=O)c1ccc2c(c1)COO2. The standard InChI is InChI=1S/C26H37N3O8S/c1-18(2)15-29(38(33,34)22-9-10-25-20(14-22)17-36-37-25)16-24(30)23(28-26(31)32)13-19-5-7-21(8-6-19)35-12-4-3-11-27/h5-10,14,18,23-24,28,30H,3-4,11-13,15-17,27H2,1-2H3,(H,31,32)/t23-,24+/m0/s1. The number of carboxylic acid groups (broad SMARTS) is 1. The fourth-order valence-electron chi connectivity index (χ4n) is 4.08. The van der Waals surface area contributed by atoms with Crippen molar-refractivity contribution >= 4 is 16.1 Å². The van der Waals surface area contributed by atoms with Gasteiger partial charge in [-0.2, -0.15) is 9.19 Å². The molecule has 1 amide bonds. The Hall–Kier alpha value is -2.90. The van der Waals surface area contributed by atoms with E-state index in [0.29, 0.717) is 30.2 Å². The zero-order chi connectivity index (χ0) is 27.7. The maximum Gasteiger partial charge on any atom is 0.404 e. The molecule has 5 N–H and O–H groups in total. The summed E-state index contributed by atoms with van der Waals surface area (Å²) in [5.41, 5.74) is 6.85. The smallest absolute Gasteiger partial charge is 0.404 e. The highest BCUT2D eigenvalue weighted by Gasteiger charge is 2.32. The molecule has 0 bridgehead atoms. The third-order valence-corrected chi connectivity index (χ3v) is 7.84. The number of nitrogens with zero attached hydrogens (tertiary/aromatic N) is 1. The Morgan fingerprint density at radius 1 is 1.16 bits per heavy atom. The van der Waals surface area contributed by atoms with Crippen LogP contribution in [0.25, 0.3) is 0 Å². The van der Waals surface area contributed by atoms with Crippen LogP contribution in [0.4, 0.5) is 4.79 Å². The molecule has 2 atom stereocenters. The molecule has 0 saturated heterocycles. The molecular formula is C26H37N3O8S. The number of ether oxygens (including phenoxy) is 1. The van der Waals surface area contributed by atoms with E-state index in [-0.39, 0.29) is 36.9 Å². The topological polar surface area (TPSA) is 161 Å². The lowest BCUT2D eigenvalue weighted by Crippen LogP contribution is -2.50. The molecule has 0 spiro atoms. The van der Waals surface area contributed by atoms with Crippen molar-refractivity contribution in [2.24, 2.45) is 11.7 Å². The highest BCUT2D eigenvalue weighted by Crippen LogP contribution is 2.30. The van der Waals surface area contributed by atoms with E-state index < -0.39 is 28.3 Å². The van der Waals surface area contributed by atoms with E-state index in [4.69, 9.17) is 20.2 Å². The van der Waals surface area contributed by atoms with Crippen LogP contribution in [0.5, 0.6) is 11.5 Å². The third kappa shape index (κ3) is 8.30. The van der Waals surface area contributed by atoms with Gasteiger partial charge in [0.25, 0.3) is 0 Å². The van der Waals surface area contributed by atoms with E-state index in [1.165, 1.54) is 22.5 Å². The van der Waals surface area contributed by atoms with E-state index in [1.54, 1.807) is 24.3 Å². The van der Waals surface area contributed by atoms with Crippen LogP contribution < -0.4 is 20.7 Å². The largest absolute Gasteiger partial charge is 0.494 e. The molecule has 38 heavy (non-hydrogen) atoms. The Morgan fingerprint density at radius 2 is 1.89 bits per heavy atom. The number of hydrogen-bond donors (Lipinski definition) is 4. The summed E-state index contributed by atoms with van der Waals surface area (Å²) in [6.07, 6.45) is -0.752. The molecule has 1 aliphatic heterocycles. The van der Waals surface area contributed by atoms with E-state index in [0.717, 1.165) is 18.4 Å². The molecular weight excluding hydrogens is 514 g/mol. The van der Waals surface area contributed by atoms with Crippen LogP contribution in [0.3, 0.4) is 0 Å². The minimum Gasteiger partial charge on any atom is -0.494 e. The molecule has 210 valence electrons. The van der Waals surface area contributed by atoms with Crippen molar-refractivity contribution in [3.05, 3.63) is 53.6 Å². The summed E-state index contributed by atoms with van der Waals surface area (Å²) < 4.78 is 34.0. The molecule has 0 radical (unpaired) electrons. The molecule has 2 aromatic carbocycles. The molecule has 2 aromatic rings. The Morgan fingerprint density at radius 3 is 2.55 bits per heavy atom. The number of aliphatic hydroxyl groups excluding tert-OH is 1. The first kappa shape index (κ1) is 29.7. The predicted molar refractivity (Wildman–Crippen MR) is 140 cm³/mol. The normalized spacial score (nSPS) is 14.7. The first-order valence-electron chi connectivity index (χ1n) is 12.6. The molecule has 0 fully saturated rings. The van der Waals surface area contributed by atoms with Crippen LogP contribution in [-0.2, 0) is 27.9 Å². The molecule has 3 rings (SSSR count). The van der Waals surface area contributed by atoms with Gasteiger partial charge in [-0.25, -0.2) is 13.2 Å². The molecule has 0 aliphatic carbocycles. The summed E-state index contributed by atoms with van der Waals surface area (Å²) in [7, 11) is -4.00. The lowest BCUT2D eigenvalue weighted by Gasteiger charge is -2.30. The van der Waals surface area contributed by atoms with Gasteiger partial charge in [-0.3, -0.25) is 0 Å². The van der Waals surface area contributed by atoms with Gasteiger partial charge in [0, 0.05) is 18.7 Å². The maximum atomic E-state index is 13.5. The van der Waals surface area contributed by atoms with Crippen LogP contribution in [0.1, 0.15) is 37.8 Å². The molecule has 12 heteroatoms. The summed E-state index contributed by atoms with van der Waals surface area (Å²) in [5.74, 6) is 1.09. The third-order valence-electron chi connectivity index (χ3n) is 6.01. The second-order valence-corrected chi connectivity index (χ2v) is 11.6. The van der Waals surface area contributed by atoms with E-state index in [2.05, 4.69) is 5.32 Å². The van der Waals surface area contributed by atoms with Crippen molar-refractivity contribution in [1.29, 1.82) is 0 Å². The van der Waals surface area contributed by atoms with Gasteiger partial charge in [0.05, 0.1) is 23.6 Å². The number of fused-ring (bicyclic) bond motifs is 1. The summed E-state index contributed by atoms with van der Waals surface area (Å²) >= 11 is 0. The molecule has 11 nitrogen and oxygen atoms in total. The number of carbonyl (C=O) groups is 1. The Balaban J connectivity index is 1.74. The Bertz CT molecular complexity index is 1160. The zero-order valence-corrected chi connectivity index (χ0v) is 22.5. The van der Waals surface area contributed by atoms with Crippen molar-refractivity contribution in [3.8, 4) is 11.5 Å². The van der Waals surface area contributed by atoms with Gasteiger partial charge < -0.3 is 30.9 Å². The average molecular weight is 552 g/mol. The lowest BCUT2D eigenvalue weighted by molar-refractivity contribution is -0.194. The van der Waals surface area contributed by atoms with Crippen LogP contribution in [0.15, 0.2) is 47.4 Å². The van der Waals surface area contributed by atoms with Crippen molar-refractivity contribution in [2.75, 3.05) is 26.2 Å². The number of sulfonamides is 1. The molecule has 0 unspecified atom stereocenters. The second kappa shape index (κ2) is 13.8. The van der Waals surface area contributed by atoms with E-state index in [9.17, 15) is 23.4 Å². The summed E-state index contributed by atoms with van der Waals surface area (Å²) in [4.78, 5) is 21.5. The number of unbranched alkanes of at least 4 members (excludes halogenated alkanes) is 1. The summed E-state index contributed by atoms with van der Waals surface area (Å²) in [6.45, 7) is 4.86. The fraction of sp³-hybridized carbons (Fsp3) is 0.500. The first-order valence-corrected chi connectivity index (χ1v) is 14.1. The number of nitrogens with two attached hydrogens (primary N) is 1. The average Bonchev–Trinajstić information content (AvgIpc) is 3.34. The quantitative estimate of drug-likeness (QED) is 0.193. The fourth-order valence-corrected chi connectivity index (χ4v) is 5.76. The number of amides is 1. The van der Waals surface area contributed by atoms with Crippen molar-refractivity contribution in [2.45, 2.75) is 56.8 Å². The number of rotatable bonds is 15. The zero-order valence-electron chi connectivity index (χ0n) is 21.7. The van der Waals surface area contributed by atoms with E-state index in [1.807, 2.05) is 13.8 Å².